The van der Waals surface area contributed by atoms with Gasteiger partial charge in [-0.15, -0.1) is 0 Å². The fourth-order valence-corrected chi connectivity index (χ4v) is 0.778. The molecule has 0 bridgehead atoms. The molecule has 0 aliphatic rings. The second kappa shape index (κ2) is 5.52. The number of ether oxygens (including phenoxy) is 2. The van der Waals surface area contributed by atoms with Crippen molar-refractivity contribution in [2.75, 3.05) is 28.3 Å². The molecule has 1 unspecified atom stereocenters. The molecule has 0 rings (SSSR count). The Morgan fingerprint density at radius 3 is 1.91 bits per heavy atom. The minimum Gasteiger partial charge on any atom is -0.356 e. The number of rotatable bonds is 5. The summed E-state index contributed by atoms with van der Waals surface area (Å²) in [5.74, 6) is 0. The fraction of sp³-hybridized carbons (Fsp3) is 1.00. The molecule has 0 fully saturated rings. The predicted octanol–water partition coefficient (Wildman–Crippen LogP) is 0.946. The van der Waals surface area contributed by atoms with Crippen LogP contribution >= 0.6 is 0 Å². The monoisotopic (exact) mass is 161 g/mol. The standard InChI is InChI=1S/C8H19NO2/c1-7(9(2)3)6-8(10-4)11-5/h7-8H,6H2,1-5H3. The van der Waals surface area contributed by atoms with Crippen LogP contribution in [0.15, 0.2) is 0 Å². The normalized spacial score (nSPS) is 14.5. The molecule has 0 spiro atoms. The van der Waals surface area contributed by atoms with Gasteiger partial charge >= 0.3 is 0 Å². The van der Waals surface area contributed by atoms with Crippen LogP contribution in [0.4, 0.5) is 0 Å². The maximum Gasteiger partial charge on any atom is 0.158 e. The summed E-state index contributed by atoms with van der Waals surface area (Å²) in [6.45, 7) is 2.14. The molecule has 0 heterocycles. The highest BCUT2D eigenvalue weighted by Gasteiger charge is 2.12. The van der Waals surface area contributed by atoms with Crippen molar-refractivity contribution in [2.24, 2.45) is 0 Å². The van der Waals surface area contributed by atoms with E-state index in [9.17, 15) is 0 Å². The molecule has 0 aliphatic heterocycles. The van der Waals surface area contributed by atoms with Gasteiger partial charge in [-0.1, -0.05) is 0 Å². The summed E-state index contributed by atoms with van der Waals surface area (Å²) < 4.78 is 10.1. The van der Waals surface area contributed by atoms with Gasteiger partial charge in [-0.2, -0.15) is 0 Å². The van der Waals surface area contributed by atoms with E-state index in [4.69, 9.17) is 9.47 Å². The number of methoxy groups -OCH3 is 2. The van der Waals surface area contributed by atoms with Crippen LogP contribution in [0, 0.1) is 0 Å². The van der Waals surface area contributed by atoms with E-state index in [2.05, 4.69) is 11.8 Å². The first-order chi connectivity index (χ1) is 5.11. The molecule has 0 amide bonds. The molecule has 0 N–H and O–H groups in total. The smallest absolute Gasteiger partial charge is 0.158 e. The lowest BCUT2D eigenvalue weighted by atomic mass is 10.2. The van der Waals surface area contributed by atoms with Gasteiger partial charge in [-0.05, 0) is 21.0 Å². The van der Waals surface area contributed by atoms with Crippen LogP contribution in [0.3, 0.4) is 0 Å². The van der Waals surface area contributed by atoms with Crippen LogP contribution in [0.5, 0.6) is 0 Å². The Bertz CT molecular complexity index is 92.1. The molecule has 0 aromatic rings. The van der Waals surface area contributed by atoms with Gasteiger partial charge in [0, 0.05) is 26.7 Å². The van der Waals surface area contributed by atoms with Crippen LogP contribution in [0.1, 0.15) is 13.3 Å². The van der Waals surface area contributed by atoms with E-state index in [1.165, 1.54) is 0 Å². The van der Waals surface area contributed by atoms with Crippen LogP contribution in [0.2, 0.25) is 0 Å². The molecule has 0 aromatic carbocycles. The Kier molecular flexibility index (Phi) is 5.46. The van der Waals surface area contributed by atoms with Crippen LogP contribution in [-0.4, -0.2) is 45.5 Å². The summed E-state index contributed by atoms with van der Waals surface area (Å²) in [7, 11) is 7.42. The first-order valence-corrected chi connectivity index (χ1v) is 3.83. The van der Waals surface area contributed by atoms with Gasteiger partial charge in [-0.3, -0.25) is 0 Å². The second-order valence-corrected chi connectivity index (χ2v) is 2.95. The van der Waals surface area contributed by atoms with E-state index < -0.39 is 0 Å². The Balaban J connectivity index is 3.62. The molecule has 0 aromatic heterocycles. The first-order valence-electron chi connectivity index (χ1n) is 3.83. The van der Waals surface area contributed by atoms with Crippen molar-refractivity contribution in [2.45, 2.75) is 25.7 Å². The predicted molar refractivity (Wildman–Crippen MR) is 45.6 cm³/mol. The lowest BCUT2D eigenvalue weighted by Gasteiger charge is -2.23. The highest BCUT2D eigenvalue weighted by atomic mass is 16.7. The van der Waals surface area contributed by atoms with Gasteiger partial charge in [0.05, 0.1) is 0 Å². The maximum absolute atomic E-state index is 5.07. The molecule has 0 saturated heterocycles. The SMILES string of the molecule is COC(CC(C)N(C)C)OC. The summed E-state index contributed by atoms with van der Waals surface area (Å²) in [6.07, 6.45) is 0.826. The third-order valence-electron chi connectivity index (χ3n) is 1.94. The molecule has 0 saturated carbocycles. The Labute approximate surface area is 69.3 Å². The van der Waals surface area contributed by atoms with E-state index in [1.807, 2.05) is 14.1 Å². The molecular formula is C8H19NO2. The zero-order valence-electron chi connectivity index (χ0n) is 8.13. The Hall–Kier alpha value is -0.120. The Morgan fingerprint density at radius 2 is 1.64 bits per heavy atom. The van der Waals surface area contributed by atoms with Crippen molar-refractivity contribution in [1.29, 1.82) is 0 Å². The van der Waals surface area contributed by atoms with Gasteiger partial charge in [0.25, 0.3) is 0 Å². The number of nitrogens with zero attached hydrogens (tertiary/aromatic N) is 1. The molecular weight excluding hydrogens is 142 g/mol. The van der Waals surface area contributed by atoms with E-state index in [0.717, 1.165) is 6.42 Å². The van der Waals surface area contributed by atoms with Gasteiger partial charge in [-0.25, -0.2) is 0 Å². The summed E-state index contributed by atoms with van der Waals surface area (Å²) >= 11 is 0. The molecule has 68 valence electrons. The van der Waals surface area contributed by atoms with Crippen molar-refractivity contribution in [3.05, 3.63) is 0 Å². The van der Waals surface area contributed by atoms with Crippen LogP contribution in [-0.2, 0) is 9.47 Å². The topological polar surface area (TPSA) is 21.7 Å². The minimum atomic E-state index is -0.0765. The zero-order chi connectivity index (χ0) is 8.85. The fourth-order valence-electron chi connectivity index (χ4n) is 0.778. The average Bonchev–Trinajstić information content (AvgIpc) is 1.99. The van der Waals surface area contributed by atoms with Crippen LogP contribution < -0.4 is 0 Å². The largest absolute Gasteiger partial charge is 0.356 e. The number of hydrogen-bond acceptors (Lipinski definition) is 3. The molecule has 1 atom stereocenters. The van der Waals surface area contributed by atoms with Gasteiger partial charge in [0.2, 0.25) is 0 Å². The summed E-state index contributed by atoms with van der Waals surface area (Å²) in [6, 6.07) is 0.486. The van der Waals surface area contributed by atoms with Gasteiger partial charge in [0.1, 0.15) is 0 Å². The second-order valence-electron chi connectivity index (χ2n) is 2.95. The quantitative estimate of drug-likeness (QED) is 0.560. The summed E-state index contributed by atoms with van der Waals surface area (Å²) in [5, 5.41) is 0. The van der Waals surface area contributed by atoms with E-state index >= 15 is 0 Å². The van der Waals surface area contributed by atoms with Crippen molar-refractivity contribution in [3.63, 3.8) is 0 Å². The molecule has 3 heteroatoms. The summed E-state index contributed by atoms with van der Waals surface area (Å²) in [5.41, 5.74) is 0. The molecule has 3 nitrogen and oxygen atoms in total. The Morgan fingerprint density at radius 1 is 1.18 bits per heavy atom. The third-order valence-corrected chi connectivity index (χ3v) is 1.94. The van der Waals surface area contributed by atoms with Crippen molar-refractivity contribution in [1.82, 2.24) is 4.90 Å². The van der Waals surface area contributed by atoms with Gasteiger partial charge in [0.15, 0.2) is 6.29 Å². The maximum atomic E-state index is 5.07. The molecule has 0 aliphatic carbocycles. The minimum absolute atomic E-state index is 0.0765. The molecule has 0 radical (unpaired) electrons. The van der Waals surface area contributed by atoms with E-state index in [1.54, 1.807) is 14.2 Å². The number of hydrogen-bond donors (Lipinski definition) is 0. The zero-order valence-corrected chi connectivity index (χ0v) is 8.13. The van der Waals surface area contributed by atoms with Crippen molar-refractivity contribution >= 4 is 0 Å². The van der Waals surface area contributed by atoms with E-state index in [-0.39, 0.29) is 6.29 Å². The highest BCUT2D eigenvalue weighted by molar-refractivity contribution is 4.60. The van der Waals surface area contributed by atoms with E-state index in [0.29, 0.717) is 6.04 Å². The van der Waals surface area contributed by atoms with Crippen molar-refractivity contribution < 1.29 is 9.47 Å². The van der Waals surface area contributed by atoms with Crippen molar-refractivity contribution in [3.8, 4) is 0 Å². The summed E-state index contributed by atoms with van der Waals surface area (Å²) in [4.78, 5) is 2.14. The third kappa shape index (κ3) is 4.35. The molecule has 11 heavy (non-hydrogen) atoms. The van der Waals surface area contributed by atoms with Gasteiger partial charge < -0.3 is 14.4 Å². The lowest BCUT2D eigenvalue weighted by Crippen LogP contribution is -2.30. The average molecular weight is 161 g/mol. The highest BCUT2D eigenvalue weighted by Crippen LogP contribution is 2.05. The van der Waals surface area contributed by atoms with Crippen LogP contribution in [0.25, 0.3) is 0 Å². The lowest BCUT2D eigenvalue weighted by molar-refractivity contribution is -0.114. The first kappa shape index (κ1) is 10.9.